The fourth-order valence-corrected chi connectivity index (χ4v) is 6.02. The van der Waals surface area contributed by atoms with E-state index in [9.17, 15) is 9.18 Å². The van der Waals surface area contributed by atoms with E-state index >= 15 is 0 Å². The van der Waals surface area contributed by atoms with Gasteiger partial charge in [-0.15, -0.1) is 0 Å². The number of allylic oxidation sites excluding steroid dienone is 6. The van der Waals surface area contributed by atoms with Gasteiger partial charge in [-0.3, -0.25) is 14.7 Å². The molecule has 2 unspecified atom stereocenters. The van der Waals surface area contributed by atoms with Crippen LogP contribution < -0.4 is 15.5 Å². The van der Waals surface area contributed by atoms with E-state index in [-0.39, 0.29) is 25.2 Å². The minimum atomic E-state index is -0.444. The second-order valence-corrected chi connectivity index (χ2v) is 11.4. The van der Waals surface area contributed by atoms with Crippen molar-refractivity contribution in [1.29, 1.82) is 0 Å². The molecule has 2 fully saturated rings. The molecule has 2 N–H and O–H groups in total. The van der Waals surface area contributed by atoms with Gasteiger partial charge in [-0.1, -0.05) is 44.7 Å². The SMILES string of the molecule is C.CC1CCN(C2N=CC=C(OCC34C=CC=CC3=C(NC(=O)c3cc(F)cc(N5CCOCC5)c3)C=CC4)N2)CC1. The minimum Gasteiger partial charge on any atom is -0.478 e. The normalized spacial score (nSPS) is 25.8. The Morgan fingerprint density at radius 1 is 1.17 bits per heavy atom. The van der Waals surface area contributed by atoms with E-state index in [4.69, 9.17) is 9.47 Å². The second-order valence-electron chi connectivity index (χ2n) is 11.4. The van der Waals surface area contributed by atoms with E-state index in [1.807, 2.05) is 41.5 Å². The minimum absolute atomic E-state index is 0. The van der Waals surface area contributed by atoms with E-state index in [0.29, 0.717) is 50.2 Å². The highest BCUT2D eigenvalue weighted by atomic mass is 19.1. The molecule has 224 valence electrons. The van der Waals surface area contributed by atoms with E-state index in [1.54, 1.807) is 6.07 Å². The summed E-state index contributed by atoms with van der Waals surface area (Å²) >= 11 is 0. The molecule has 0 aromatic heterocycles. The molecule has 5 aliphatic rings. The van der Waals surface area contributed by atoms with Crippen molar-refractivity contribution < 1.29 is 18.7 Å². The van der Waals surface area contributed by atoms with Gasteiger partial charge in [-0.2, -0.15) is 0 Å². The summed E-state index contributed by atoms with van der Waals surface area (Å²) in [4.78, 5) is 22.4. The summed E-state index contributed by atoms with van der Waals surface area (Å²) in [7, 11) is 0. The number of nitrogens with one attached hydrogen (secondary N) is 2. The molecule has 0 radical (unpaired) electrons. The predicted octanol–water partition coefficient (Wildman–Crippen LogP) is 4.90. The number of carbonyl (C=O) groups excluding carboxylic acids is 1. The summed E-state index contributed by atoms with van der Waals surface area (Å²) in [5.41, 5.74) is 2.18. The van der Waals surface area contributed by atoms with E-state index < -0.39 is 11.2 Å². The molecule has 0 spiro atoms. The van der Waals surface area contributed by atoms with E-state index in [2.05, 4.69) is 39.6 Å². The maximum Gasteiger partial charge on any atom is 0.255 e. The van der Waals surface area contributed by atoms with Gasteiger partial charge in [0.1, 0.15) is 12.4 Å². The Morgan fingerprint density at radius 3 is 2.79 bits per heavy atom. The van der Waals surface area contributed by atoms with Crippen LogP contribution in [0.5, 0.6) is 0 Å². The molecule has 1 aromatic carbocycles. The average Bonchev–Trinajstić information content (AvgIpc) is 3.01. The summed E-state index contributed by atoms with van der Waals surface area (Å²) in [6.45, 7) is 7.22. The zero-order chi connectivity index (χ0) is 28.2. The van der Waals surface area contributed by atoms with Crippen molar-refractivity contribution in [2.75, 3.05) is 50.9 Å². The molecule has 1 amide bonds. The number of hydrogen-bond acceptors (Lipinski definition) is 7. The highest BCUT2D eigenvalue weighted by molar-refractivity contribution is 5.96. The van der Waals surface area contributed by atoms with Crippen LogP contribution in [0, 0.1) is 17.2 Å². The Hall–Kier alpha value is -3.69. The van der Waals surface area contributed by atoms with Gasteiger partial charge in [0.05, 0.1) is 18.6 Å². The number of halogens is 1. The fourth-order valence-electron chi connectivity index (χ4n) is 6.02. The molecule has 0 bridgehead atoms. The molecule has 1 aromatic rings. The maximum absolute atomic E-state index is 14.6. The Balaban J connectivity index is 0.00000353. The first-order chi connectivity index (χ1) is 20.0. The van der Waals surface area contributed by atoms with Crippen LogP contribution in [-0.2, 0) is 9.47 Å². The van der Waals surface area contributed by atoms with Gasteiger partial charge in [0.2, 0.25) is 0 Å². The molecule has 3 aliphatic heterocycles. The number of amides is 1. The highest BCUT2D eigenvalue weighted by Crippen LogP contribution is 2.42. The molecular formula is C33H42FN5O3. The molecule has 9 heteroatoms. The van der Waals surface area contributed by atoms with Crippen LogP contribution in [0.3, 0.4) is 0 Å². The Labute approximate surface area is 248 Å². The summed E-state index contributed by atoms with van der Waals surface area (Å²) in [6, 6.07) is 4.50. The molecule has 2 saturated heterocycles. The van der Waals surface area contributed by atoms with Crippen LogP contribution in [0.1, 0.15) is 44.0 Å². The number of ether oxygens (including phenoxy) is 2. The predicted molar refractivity (Wildman–Crippen MR) is 165 cm³/mol. The molecule has 42 heavy (non-hydrogen) atoms. The Morgan fingerprint density at radius 2 is 1.98 bits per heavy atom. The molecule has 8 nitrogen and oxygen atoms in total. The fraction of sp³-hybridized carbons (Fsp3) is 0.455. The van der Waals surface area contributed by atoms with Crippen molar-refractivity contribution in [1.82, 2.24) is 15.5 Å². The molecule has 6 rings (SSSR count). The zero-order valence-electron chi connectivity index (χ0n) is 23.5. The van der Waals surface area contributed by atoms with Crippen LogP contribution in [0.4, 0.5) is 10.1 Å². The molecular weight excluding hydrogens is 533 g/mol. The van der Waals surface area contributed by atoms with Gasteiger partial charge >= 0.3 is 0 Å². The first kappa shape index (κ1) is 29.8. The van der Waals surface area contributed by atoms with Crippen molar-refractivity contribution in [3.63, 3.8) is 0 Å². The van der Waals surface area contributed by atoms with Crippen molar-refractivity contribution >= 4 is 17.8 Å². The number of benzene rings is 1. The average molecular weight is 576 g/mol. The quantitative estimate of drug-likeness (QED) is 0.482. The number of fused-ring (bicyclic) bond motifs is 1. The number of piperidine rings is 1. The van der Waals surface area contributed by atoms with Crippen LogP contribution in [0.25, 0.3) is 0 Å². The number of anilines is 1. The number of aliphatic imine (C=N–C) groups is 1. The van der Waals surface area contributed by atoms with Crippen molar-refractivity contribution in [3.05, 3.63) is 89.3 Å². The van der Waals surface area contributed by atoms with Gasteiger partial charge in [0.25, 0.3) is 5.91 Å². The van der Waals surface area contributed by atoms with Crippen LogP contribution in [-0.4, -0.2) is 69.3 Å². The highest BCUT2D eigenvalue weighted by Gasteiger charge is 2.37. The topological polar surface area (TPSA) is 78.4 Å². The monoisotopic (exact) mass is 575 g/mol. The van der Waals surface area contributed by atoms with Crippen LogP contribution in [0.15, 0.2) is 82.9 Å². The third-order valence-corrected chi connectivity index (χ3v) is 8.53. The lowest BCUT2D eigenvalue weighted by atomic mass is 9.72. The third kappa shape index (κ3) is 6.52. The number of likely N-dealkylation sites (tertiary alicyclic amines) is 1. The first-order valence-electron chi connectivity index (χ1n) is 14.6. The lowest BCUT2D eigenvalue weighted by Gasteiger charge is -2.38. The van der Waals surface area contributed by atoms with Crippen molar-refractivity contribution in [2.45, 2.75) is 39.9 Å². The second kappa shape index (κ2) is 13.1. The number of rotatable bonds is 7. The van der Waals surface area contributed by atoms with Crippen LogP contribution in [0.2, 0.25) is 0 Å². The zero-order valence-corrected chi connectivity index (χ0v) is 23.5. The largest absolute Gasteiger partial charge is 0.478 e. The van der Waals surface area contributed by atoms with Gasteiger partial charge in [-0.05, 0) is 55.0 Å². The summed E-state index contributed by atoms with van der Waals surface area (Å²) in [5.74, 6) is 0.656. The van der Waals surface area contributed by atoms with Gasteiger partial charge in [0.15, 0.2) is 12.2 Å². The standard InChI is InChI=1S/C32H38FN5O3.CH4/c1-23-8-13-38(14-9-23)31-34-12-7-29(36-31)41-22-32-10-3-2-5-27(32)28(6-4-11-32)35-30(39)24-19-25(33)21-26(20-24)37-15-17-40-18-16-37;/h2-7,10,12,19-21,23,31,36H,8-9,11,13-18,22H2,1H3,(H,35,39);1H4. The molecule has 2 aliphatic carbocycles. The first-order valence-corrected chi connectivity index (χ1v) is 14.6. The lowest BCUT2D eigenvalue weighted by Crippen LogP contribution is -2.49. The lowest BCUT2D eigenvalue weighted by molar-refractivity contribution is 0.0808. The van der Waals surface area contributed by atoms with Crippen LogP contribution >= 0.6 is 0 Å². The number of morpholine rings is 1. The molecule has 0 saturated carbocycles. The van der Waals surface area contributed by atoms with Gasteiger partial charge < -0.3 is 25.0 Å². The maximum atomic E-state index is 14.6. The summed E-state index contributed by atoms with van der Waals surface area (Å²) in [5, 5.41) is 6.50. The van der Waals surface area contributed by atoms with E-state index in [1.165, 1.54) is 25.0 Å². The van der Waals surface area contributed by atoms with Crippen molar-refractivity contribution in [2.24, 2.45) is 16.3 Å². The summed E-state index contributed by atoms with van der Waals surface area (Å²) < 4.78 is 26.3. The van der Waals surface area contributed by atoms with Gasteiger partial charge in [-0.25, -0.2) is 4.39 Å². The Bertz CT molecular complexity index is 1330. The summed E-state index contributed by atoms with van der Waals surface area (Å²) in [6.07, 6.45) is 18.8. The molecule has 2 atom stereocenters. The third-order valence-electron chi connectivity index (χ3n) is 8.53. The van der Waals surface area contributed by atoms with Crippen molar-refractivity contribution in [3.8, 4) is 0 Å². The smallest absolute Gasteiger partial charge is 0.255 e. The number of nitrogens with zero attached hydrogens (tertiary/aromatic N) is 3. The Kier molecular flexibility index (Phi) is 9.28. The van der Waals surface area contributed by atoms with E-state index in [0.717, 1.165) is 31.0 Å². The van der Waals surface area contributed by atoms with Gasteiger partial charge in [0, 0.05) is 55.4 Å². The number of carbonyl (C=O) groups is 1. The molecule has 3 heterocycles. The number of hydrogen-bond donors (Lipinski definition) is 2.